The number of nitrogens with zero attached hydrogens (tertiary/aromatic N) is 3. The summed E-state index contributed by atoms with van der Waals surface area (Å²) >= 11 is 0. The molecule has 0 aromatic carbocycles. The van der Waals surface area contributed by atoms with Crippen molar-refractivity contribution in [2.75, 3.05) is 14.1 Å². The highest BCUT2D eigenvalue weighted by molar-refractivity contribution is 5.55. The number of nitrogens with one attached hydrogen (secondary N) is 1. The molecule has 78 valence electrons. The Labute approximate surface area is 82.5 Å². The first-order chi connectivity index (χ1) is 6.58. The van der Waals surface area contributed by atoms with Crippen molar-refractivity contribution in [3.8, 4) is 0 Å². The van der Waals surface area contributed by atoms with Crippen LogP contribution in [0.4, 0.5) is 0 Å². The van der Waals surface area contributed by atoms with Crippen LogP contribution in [0.2, 0.25) is 0 Å². The van der Waals surface area contributed by atoms with Crippen LogP contribution in [0.5, 0.6) is 0 Å². The SMILES string of the molecule is CN(C)C=NC(=C[N+](=O)[O-])NC1CC1. The molecule has 0 atom stereocenters. The summed E-state index contributed by atoms with van der Waals surface area (Å²) in [5.74, 6) is 0.311. The Hall–Kier alpha value is -1.59. The minimum Gasteiger partial charge on any atom is -0.369 e. The third kappa shape index (κ3) is 4.44. The van der Waals surface area contributed by atoms with Gasteiger partial charge in [-0.05, 0) is 12.8 Å². The second-order valence-electron chi connectivity index (χ2n) is 3.43. The minimum absolute atomic E-state index is 0.311. The van der Waals surface area contributed by atoms with E-state index in [0.717, 1.165) is 19.0 Å². The largest absolute Gasteiger partial charge is 0.369 e. The number of aliphatic imine (C=N–C) groups is 1. The van der Waals surface area contributed by atoms with Crippen LogP contribution in [0.3, 0.4) is 0 Å². The summed E-state index contributed by atoms with van der Waals surface area (Å²) in [6.07, 6.45) is 4.54. The maximum Gasteiger partial charge on any atom is 0.276 e. The van der Waals surface area contributed by atoms with Gasteiger partial charge in [0.1, 0.15) is 0 Å². The lowest BCUT2D eigenvalue weighted by Gasteiger charge is -2.04. The third-order valence-corrected chi connectivity index (χ3v) is 1.58. The molecule has 1 rings (SSSR count). The molecule has 0 aliphatic heterocycles. The van der Waals surface area contributed by atoms with Gasteiger partial charge in [-0.3, -0.25) is 10.1 Å². The van der Waals surface area contributed by atoms with Gasteiger partial charge < -0.3 is 10.2 Å². The topological polar surface area (TPSA) is 70.8 Å². The predicted molar refractivity (Wildman–Crippen MR) is 53.4 cm³/mol. The fourth-order valence-corrected chi connectivity index (χ4v) is 0.822. The summed E-state index contributed by atoms with van der Waals surface area (Å²) < 4.78 is 0. The second-order valence-corrected chi connectivity index (χ2v) is 3.43. The molecule has 0 bridgehead atoms. The lowest BCUT2D eigenvalue weighted by atomic mass is 10.6. The molecule has 0 aromatic rings. The number of hydrogen-bond acceptors (Lipinski definition) is 4. The summed E-state index contributed by atoms with van der Waals surface area (Å²) in [4.78, 5) is 15.4. The van der Waals surface area contributed by atoms with Crippen LogP contribution in [0.15, 0.2) is 17.0 Å². The molecule has 1 N–H and O–H groups in total. The lowest BCUT2D eigenvalue weighted by molar-refractivity contribution is -0.403. The van der Waals surface area contributed by atoms with Crippen molar-refractivity contribution < 1.29 is 4.92 Å². The molecule has 0 aromatic heterocycles. The van der Waals surface area contributed by atoms with Crippen molar-refractivity contribution >= 4 is 6.34 Å². The maximum atomic E-state index is 10.3. The van der Waals surface area contributed by atoms with E-state index in [1.807, 2.05) is 14.1 Å². The zero-order valence-corrected chi connectivity index (χ0v) is 8.30. The molecule has 1 aliphatic rings. The van der Waals surface area contributed by atoms with E-state index in [2.05, 4.69) is 10.3 Å². The van der Waals surface area contributed by atoms with E-state index >= 15 is 0 Å². The van der Waals surface area contributed by atoms with Gasteiger partial charge in [-0.2, -0.15) is 0 Å². The number of hydrogen-bond donors (Lipinski definition) is 1. The molecule has 0 amide bonds. The third-order valence-electron chi connectivity index (χ3n) is 1.58. The molecular formula is C8H14N4O2. The lowest BCUT2D eigenvalue weighted by Crippen LogP contribution is -2.17. The van der Waals surface area contributed by atoms with Gasteiger partial charge in [0.05, 0.1) is 11.3 Å². The Morgan fingerprint density at radius 2 is 2.29 bits per heavy atom. The molecular weight excluding hydrogens is 184 g/mol. The first-order valence-electron chi connectivity index (χ1n) is 4.40. The quantitative estimate of drug-likeness (QED) is 0.300. The summed E-state index contributed by atoms with van der Waals surface area (Å²) in [5, 5.41) is 13.2. The van der Waals surface area contributed by atoms with Gasteiger partial charge >= 0.3 is 0 Å². The van der Waals surface area contributed by atoms with Crippen LogP contribution >= 0.6 is 0 Å². The van der Waals surface area contributed by atoms with Gasteiger partial charge in [-0.15, -0.1) is 0 Å². The summed E-state index contributed by atoms with van der Waals surface area (Å²) in [6, 6.07) is 0.362. The van der Waals surface area contributed by atoms with Crippen LogP contribution in [0, 0.1) is 10.1 Å². The first-order valence-corrected chi connectivity index (χ1v) is 4.40. The fraction of sp³-hybridized carbons (Fsp3) is 0.625. The van der Waals surface area contributed by atoms with Crippen molar-refractivity contribution in [3.05, 3.63) is 22.1 Å². The zero-order valence-electron chi connectivity index (χ0n) is 8.30. The summed E-state index contributed by atoms with van der Waals surface area (Å²) in [5.41, 5.74) is 0. The Kier molecular flexibility index (Phi) is 3.44. The van der Waals surface area contributed by atoms with Gasteiger partial charge in [0.25, 0.3) is 6.20 Å². The highest BCUT2D eigenvalue weighted by Crippen LogP contribution is 2.20. The van der Waals surface area contributed by atoms with E-state index < -0.39 is 4.92 Å². The molecule has 0 spiro atoms. The van der Waals surface area contributed by atoms with Crippen molar-refractivity contribution in [1.29, 1.82) is 0 Å². The predicted octanol–water partition coefficient (Wildman–Crippen LogP) is 0.404. The van der Waals surface area contributed by atoms with Crippen molar-refractivity contribution in [3.63, 3.8) is 0 Å². The van der Waals surface area contributed by atoms with Crippen LogP contribution < -0.4 is 5.32 Å². The smallest absolute Gasteiger partial charge is 0.276 e. The van der Waals surface area contributed by atoms with E-state index in [1.165, 1.54) is 6.34 Å². The first kappa shape index (κ1) is 10.5. The molecule has 1 aliphatic carbocycles. The van der Waals surface area contributed by atoms with E-state index in [0.29, 0.717) is 11.9 Å². The molecule has 0 radical (unpaired) electrons. The highest BCUT2D eigenvalue weighted by atomic mass is 16.6. The molecule has 1 fully saturated rings. The highest BCUT2D eigenvalue weighted by Gasteiger charge is 2.22. The molecule has 0 unspecified atom stereocenters. The van der Waals surface area contributed by atoms with Gasteiger partial charge in [0, 0.05) is 20.1 Å². The van der Waals surface area contributed by atoms with Gasteiger partial charge in [-0.1, -0.05) is 0 Å². The molecule has 6 nitrogen and oxygen atoms in total. The summed E-state index contributed by atoms with van der Waals surface area (Å²) in [6.45, 7) is 0. The average Bonchev–Trinajstić information content (AvgIpc) is 2.83. The van der Waals surface area contributed by atoms with E-state index in [-0.39, 0.29) is 0 Å². The maximum absolute atomic E-state index is 10.3. The minimum atomic E-state index is -0.502. The number of rotatable bonds is 5. The summed E-state index contributed by atoms with van der Waals surface area (Å²) in [7, 11) is 3.62. The van der Waals surface area contributed by atoms with Crippen LogP contribution in [-0.4, -0.2) is 36.3 Å². The Morgan fingerprint density at radius 3 is 2.71 bits per heavy atom. The Balaban J connectivity index is 2.55. The van der Waals surface area contributed by atoms with E-state index in [9.17, 15) is 10.1 Å². The van der Waals surface area contributed by atoms with Gasteiger partial charge in [-0.25, -0.2) is 4.99 Å². The Morgan fingerprint density at radius 1 is 1.64 bits per heavy atom. The van der Waals surface area contributed by atoms with Crippen molar-refractivity contribution in [2.45, 2.75) is 18.9 Å². The normalized spacial score (nSPS) is 17.1. The molecule has 0 heterocycles. The van der Waals surface area contributed by atoms with Crippen LogP contribution in [-0.2, 0) is 0 Å². The molecule has 6 heteroatoms. The van der Waals surface area contributed by atoms with Gasteiger partial charge in [0.2, 0.25) is 0 Å². The Bertz CT molecular complexity index is 269. The average molecular weight is 198 g/mol. The molecule has 0 saturated heterocycles. The van der Waals surface area contributed by atoms with Crippen LogP contribution in [0.25, 0.3) is 0 Å². The standard InChI is InChI=1S/C8H14N4O2/c1-11(2)6-9-8(5-12(13)14)10-7-3-4-7/h5-7,10H,3-4H2,1-2H3. The monoisotopic (exact) mass is 198 g/mol. The zero-order chi connectivity index (χ0) is 10.6. The molecule has 1 saturated carbocycles. The number of nitro groups is 1. The van der Waals surface area contributed by atoms with Crippen molar-refractivity contribution in [1.82, 2.24) is 10.2 Å². The van der Waals surface area contributed by atoms with E-state index in [4.69, 9.17) is 0 Å². The molecule has 14 heavy (non-hydrogen) atoms. The van der Waals surface area contributed by atoms with Crippen molar-refractivity contribution in [2.24, 2.45) is 4.99 Å². The van der Waals surface area contributed by atoms with Gasteiger partial charge in [0.15, 0.2) is 5.82 Å². The second kappa shape index (κ2) is 4.59. The fourth-order valence-electron chi connectivity index (χ4n) is 0.822. The van der Waals surface area contributed by atoms with E-state index in [1.54, 1.807) is 4.90 Å². The van der Waals surface area contributed by atoms with Crippen LogP contribution in [0.1, 0.15) is 12.8 Å².